The zero-order valence-corrected chi connectivity index (χ0v) is 17.8. The second-order valence-electron chi connectivity index (χ2n) is 8.21. The Hall–Kier alpha value is -1.46. The number of rotatable bonds is 9. The molecule has 3 rings (SSSR count). The topological polar surface area (TPSA) is 27.7 Å². The second kappa shape index (κ2) is 11.1. The minimum Gasteiger partial charge on any atom is -0.498 e. The molecule has 0 aromatic carbocycles. The third-order valence-corrected chi connectivity index (χ3v) is 6.14. The summed E-state index contributed by atoms with van der Waals surface area (Å²) in [5.41, 5.74) is 2.56. The van der Waals surface area contributed by atoms with Gasteiger partial charge in [-0.3, -0.25) is 0 Å². The minimum atomic E-state index is -0.849. The first-order valence-corrected chi connectivity index (χ1v) is 11.1. The summed E-state index contributed by atoms with van der Waals surface area (Å²) in [6, 6.07) is 0. The fourth-order valence-corrected chi connectivity index (χ4v) is 4.25. The summed E-state index contributed by atoms with van der Waals surface area (Å²) in [5, 5.41) is 0. The van der Waals surface area contributed by atoms with Gasteiger partial charge in [-0.2, -0.15) is 0 Å². The van der Waals surface area contributed by atoms with Gasteiger partial charge in [0, 0.05) is 6.42 Å². The van der Waals surface area contributed by atoms with E-state index in [4.69, 9.17) is 14.2 Å². The minimum absolute atomic E-state index is 0.106. The van der Waals surface area contributed by atoms with Gasteiger partial charge in [-0.1, -0.05) is 38.3 Å². The second-order valence-corrected chi connectivity index (χ2v) is 8.21. The summed E-state index contributed by atoms with van der Waals surface area (Å²) in [4.78, 5) is 0. The Morgan fingerprint density at radius 3 is 2.55 bits per heavy atom. The van der Waals surface area contributed by atoms with Gasteiger partial charge in [0.15, 0.2) is 11.7 Å². The Morgan fingerprint density at radius 2 is 1.90 bits per heavy atom. The van der Waals surface area contributed by atoms with E-state index in [2.05, 4.69) is 6.92 Å². The van der Waals surface area contributed by atoms with Crippen LogP contribution < -0.4 is 0 Å². The molecule has 29 heavy (non-hydrogen) atoms. The van der Waals surface area contributed by atoms with Crippen LogP contribution in [0.1, 0.15) is 71.1 Å². The number of methoxy groups -OCH3 is 1. The van der Waals surface area contributed by atoms with E-state index in [1.165, 1.54) is 31.9 Å². The van der Waals surface area contributed by atoms with Crippen LogP contribution in [0.3, 0.4) is 0 Å². The van der Waals surface area contributed by atoms with E-state index in [9.17, 15) is 8.78 Å². The highest BCUT2D eigenvalue weighted by molar-refractivity contribution is 5.46. The molecule has 0 aromatic heterocycles. The van der Waals surface area contributed by atoms with Gasteiger partial charge in [-0.05, 0) is 55.2 Å². The Kier molecular flexibility index (Phi) is 8.49. The maximum atomic E-state index is 14.3. The molecule has 162 valence electrons. The Balaban J connectivity index is 1.46. The summed E-state index contributed by atoms with van der Waals surface area (Å²) in [7, 11) is 1.38. The van der Waals surface area contributed by atoms with Gasteiger partial charge in [0.05, 0.1) is 32.5 Å². The molecule has 0 bridgehead atoms. The van der Waals surface area contributed by atoms with E-state index in [0.29, 0.717) is 44.2 Å². The van der Waals surface area contributed by atoms with Crippen LogP contribution in [-0.2, 0) is 14.2 Å². The first-order chi connectivity index (χ1) is 14.1. The van der Waals surface area contributed by atoms with Crippen LogP contribution in [0.2, 0.25) is 0 Å². The van der Waals surface area contributed by atoms with Crippen LogP contribution in [0, 0.1) is 0 Å². The molecule has 0 N–H and O–H groups in total. The van der Waals surface area contributed by atoms with Gasteiger partial charge in [0.25, 0.3) is 0 Å². The van der Waals surface area contributed by atoms with E-state index < -0.39 is 11.7 Å². The van der Waals surface area contributed by atoms with Crippen LogP contribution in [0.15, 0.2) is 46.3 Å². The van der Waals surface area contributed by atoms with Gasteiger partial charge >= 0.3 is 0 Å². The van der Waals surface area contributed by atoms with E-state index >= 15 is 0 Å². The monoisotopic (exact) mass is 408 g/mol. The van der Waals surface area contributed by atoms with Crippen molar-refractivity contribution >= 4 is 0 Å². The SMILES string of the molecule is CCCCCC1CCC(OCC2=CC=C(C3=C(F)C(F)=C(OC)CC3)CC2)CO1. The first kappa shape index (κ1) is 22.2. The predicted molar refractivity (Wildman–Crippen MR) is 111 cm³/mol. The highest BCUT2D eigenvalue weighted by atomic mass is 19.2. The molecule has 3 aliphatic rings. The maximum absolute atomic E-state index is 14.3. The quantitative estimate of drug-likeness (QED) is 0.401. The lowest BCUT2D eigenvalue weighted by molar-refractivity contribution is -0.0831. The summed E-state index contributed by atoms with van der Waals surface area (Å²) < 4.78 is 45.3. The van der Waals surface area contributed by atoms with E-state index in [1.54, 1.807) is 0 Å². The van der Waals surface area contributed by atoms with Crippen LogP contribution in [0.5, 0.6) is 0 Å². The molecule has 1 saturated heterocycles. The molecular formula is C24H34F2O3. The van der Waals surface area contributed by atoms with Gasteiger partial charge in [0.1, 0.15) is 5.76 Å². The van der Waals surface area contributed by atoms with Crippen LogP contribution in [0.25, 0.3) is 0 Å². The smallest absolute Gasteiger partial charge is 0.196 e. The zero-order chi connectivity index (χ0) is 20.6. The van der Waals surface area contributed by atoms with Crippen molar-refractivity contribution in [1.29, 1.82) is 0 Å². The average Bonchev–Trinajstić information content (AvgIpc) is 2.76. The molecule has 1 aliphatic heterocycles. The fourth-order valence-electron chi connectivity index (χ4n) is 4.25. The van der Waals surface area contributed by atoms with Gasteiger partial charge in [-0.15, -0.1) is 0 Å². The Labute approximate surface area is 173 Å². The molecule has 5 heteroatoms. The maximum Gasteiger partial charge on any atom is 0.196 e. The number of unbranched alkanes of at least 4 members (excludes halogenated alkanes) is 2. The molecule has 0 saturated carbocycles. The van der Waals surface area contributed by atoms with Crippen molar-refractivity contribution in [3.8, 4) is 0 Å². The molecule has 0 radical (unpaired) electrons. The Morgan fingerprint density at radius 1 is 1.03 bits per heavy atom. The molecule has 1 fully saturated rings. The molecule has 1 heterocycles. The molecule has 0 amide bonds. The Bertz CT molecular complexity index is 682. The summed E-state index contributed by atoms with van der Waals surface area (Å²) in [6.45, 7) is 3.48. The van der Waals surface area contributed by atoms with E-state index in [-0.39, 0.29) is 11.9 Å². The zero-order valence-electron chi connectivity index (χ0n) is 17.8. The number of halogens is 2. The van der Waals surface area contributed by atoms with Crippen LogP contribution >= 0.6 is 0 Å². The fraction of sp³-hybridized carbons (Fsp3) is 0.667. The van der Waals surface area contributed by atoms with Gasteiger partial charge in [0.2, 0.25) is 0 Å². The summed E-state index contributed by atoms with van der Waals surface area (Å²) in [6.07, 6.45) is 14.0. The van der Waals surface area contributed by atoms with Crippen molar-refractivity contribution in [2.24, 2.45) is 0 Å². The number of hydrogen-bond acceptors (Lipinski definition) is 3. The first-order valence-electron chi connectivity index (χ1n) is 11.1. The third kappa shape index (κ3) is 6.02. The lowest BCUT2D eigenvalue weighted by Crippen LogP contribution is -2.32. The largest absolute Gasteiger partial charge is 0.498 e. The number of ether oxygens (including phenoxy) is 3. The predicted octanol–water partition coefficient (Wildman–Crippen LogP) is 6.62. The van der Waals surface area contributed by atoms with E-state index in [1.807, 2.05) is 12.2 Å². The third-order valence-electron chi connectivity index (χ3n) is 6.14. The molecule has 2 atom stereocenters. The van der Waals surface area contributed by atoms with Crippen molar-refractivity contribution in [2.75, 3.05) is 20.3 Å². The summed E-state index contributed by atoms with van der Waals surface area (Å²) >= 11 is 0. The van der Waals surface area contributed by atoms with E-state index in [0.717, 1.165) is 31.3 Å². The number of allylic oxidation sites excluding steroid dienone is 7. The lowest BCUT2D eigenvalue weighted by Gasteiger charge is -2.29. The van der Waals surface area contributed by atoms with Crippen LogP contribution in [0.4, 0.5) is 8.78 Å². The normalized spacial score (nSPS) is 25.8. The molecule has 3 nitrogen and oxygen atoms in total. The van der Waals surface area contributed by atoms with Crippen molar-refractivity contribution in [3.05, 3.63) is 46.3 Å². The van der Waals surface area contributed by atoms with Gasteiger partial charge in [-0.25, -0.2) is 8.78 Å². The molecule has 2 aliphatic carbocycles. The van der Waals surface area contributed by atoms with Crippen molar-refractivity contribution in [1.82, 2.24) is 0 Å². The highest BCUT2D eigenvalue weighted by Crippen LogP contribution is 2.38. The number of hydrogen-bond donors (Lipinski definition) is 0. The standard InChI is InChI=1S/C24H34F2O3/c1-3-4-5-6-19-11-12-20(16-29-19)28-15-17-7-9-18(10-8-17)21-13-14-22(27-2)24(26)23(21)25/h7,9,19-20H,3-6,8,10-16H2,1-2H3. The molecule has 2 unspecified atom stereocenters. The lowest BCUT2D eigenvalue weighted by atomic mass is 9.88. The van der Waals surface area contributed by atoms with Crippen molar-refractivity contribution < 1.29 is 23.0 Å². The molecule has 0 aromatic rings. The van der Waals surface area contributed by atoms with Crippen molar-refractivity contribution in [2.45, 2.75) is 83.3 Å². The van der Waals surface area contributed by atoms with Gasteiger partial charge < -0.3 is 14.2 Å². The van der Waals surface area contributed by atoms with Crippen molar-refractivity contribution in [3.63, 3.8) is 0 Å². The summed E-state index contributed by atoms with van der Waals surface area (Å²) in [5.74, 6) is -1.51. The molecule has 0 spiro atoms. The molecular weight excluding hydrogens is 374 g/mol. The average molecular weight is 409 g/mol. The highest BCUT2D eigenvalue weighted by Gasteiger charge is 2.26. The van der Waals surface area contributed by atoms with Crippen LogP contribution in [-0.4, -0.2) is 32.5 Å².